The Balaban J connectivity index is 3.80. The molecule has 6 heteroatoms. The molecule has 0 bridgehead atoms. The first-order valence-electron chi connectivity index (χ1n) is 5.68. The molecule has 17 heavy (non-hydrogen) atoms. The van der Waals surface area contributed by atoms with E-state index in [1.165, 1.54) is 6.92 Å². The average Bonchev–Trinajstić information content (AvgIpc) is 2.24. The number of carbonyl (C=O) groups excluding carboxylic acids is 2. The molecule has 0 fully saturated rings. The van der Waals surface area contributed by atoms with Gasteiger partial charge in [0.2, 0.25) is 5.91 Å². The fourth-order valence-electron chi connectivity index (χ4n) is 1.36. The summed E-state index contributed by atoms with van der Waals surface area (Å²) in [4.78, 5) is 27.1. The maximum absolute atomic E-state index is 11.5. The molecule has 0 heterocycles. The summed E-state index contributed by atoms with van der Waals surface area (Å²) < 4.78 is 5.10. The van der Waals surface area contributed by atoms with Gasteiger partial charge in [-0.15, -0.1) is 0 Å². The molecule has 6 nitrogen and oxygen atoms in total. The fourth-order valence-corrected chi connectivity index (χ4v) is 1.36. The molecule has 0 saturated carbocycles. The number of ketones is 1. The van der Waals surface area contributed by atoms with Gasteiger partial charge in [0.05, 0.1) is 25.9 Å². The third kappa shape index (κ3) is 7.84. The van der Waals surface area contributed by atoms with Crippen LogP contribution >= 0.6 is 0 Å². The lowest BCUT2D eigenvalue weighted by Gasteiger charge is -2.19. The molecule has 0 aromatic heterocycles. The monoisotopic (exact) mass is 246 g/mol. The lowest BCUT2D eigenvalue weighted by atomic mass is 10.0. The number of Topliss-reactive ketones (excluding diaryl/α,β-unsaturated/α-hetero) is 1. The molecule has 0 saturated heterocycles. The predicted octanol–water partition coefficient (Wildman–Crippen LogP) is 0.0132. The highest BCUT2D eigenvalue weighted by Gasteiger charge is 2.20. The molecular weight excluding hydrogens is 224 g/mol. The number of hydrogen-bond acceptors (Lipinski definition) is 5. The van der Waals surface area contributed by atoms with Gasteiger partial charge in [0.15, 0.2) is 5.78 Å². The van der Waals surface area contributed by atoms with E-state index >= 15 is 0 Å². The van der Waals surface area contributed by atoms with Crippen LogP contribution in [-0.2, 0) is 19.2 Å². The zero-order chi connectivity index (χ0) is 13.3. The second-order valence-corrected chi connectivity index (χ2v) is 4.13. The number of amides is 1. The van der Waals surface area contributed by atoms with Gasteiger partial charge in [0, 0.05) is 6.42 Å². The summed E-state index contributed by atoms with van der Waals surface area (Å²) in [6.07, 6.45) is 0.223. The molecule has 0 rings (SSSR count). The van der Waals surface area contributed by atoms with Crippen molar-refractivity contribution in [1.29, 1.82) is 0 Å². The van der Waals surface area contributed by atoms with Crippen molar-refractivity contribution in [2.45, 2.75) is 33.2 Å². The van der Waals surface area contributed by atoms with Crippen LogP contribution in [0.15, 0.2) is 0 Å². The summed E-state index contributed by atoms with van der Waals surface area (Å²) in [7, 11) is 0. The van der Waals surface area contributed by atoms with Gasteiger partial charge in [0.1, 0.15) is 0 Å². The lowest BCUT2D eigenvalue weighted by Crippen LogP contribution is -2.43. The fraction of sp³-hybridized carbons (Fsp3) is 0.818. The normalized spacial score (nSPS) is 12.5. The maximum atomic E-state index is 11.5. The summed E-state index contributed by atoms with van der Waals surface area (Å²) in [5.41, 5.74) is 0. The second kappa shape index (κ2) is 9.09. The van der Waals surface area contributed by atoms with Gasteiger partial charge < -0.3 is 14.9 Å². The Kier molecular flexibility index (Phi) is 8.57. The van der Waals surface area contributed by atoms with Crippen molar-refractivity contribution in [2.24, 2.45) is 11.8 Å². The second-order valence-electron chi connectivity index (χ2n) is 4.13. The first kappa shape index (κ1) is 16.0. The molecular formula is C11H22N2O4. The molecule has 1 unspecified atom stereocenters. The first-order chi connectivity index (χ1) is 7.99. The van der Waals surface area contributed by atoms with Crippen LogP contribution in [0.1, 0.15) is 27.2 Å². The molecule has 0 aromatic carbocycles. The number of rotatable bonds is 9. The van der Waals surface area contributed by atoms with E-state index in [1.807, 2.05) is 13.8 Å². The predicted molar refractivity (Wildman–Crippen MR) is 63.0 cm³/mol. The van der Waals surface area contributed by atoms with Gasteiger partial charge in [0.25, 0.3) is 0 Å². The Hall–Kier alpha value is -0.980. The maximum Gasteiger partial charge on any atom is 0.222 e. The minimum atomic E-state index is -0.421. The number of hydrogen-bond donors (Lipinski definition) is 2. The summed E-state index contributed by atoms with van der Waals surface area (Å²) in [6.45, 7) is 6.19. The van der Waals surface area contributed by atoms with E-state index < -0.39 is 6.04 Å². The van der Waals surface area contributed by atoms with Crippen molar-refractivity contribution >= 4 is 11.7 Å². The van der Waals surface area contributed by atoms with E-state index in [0.29, 0.717) is 13.2 Å². The lowest BCUT2D eigenvalue weighted by molar-refractivity contribution is -0.128. The topological polar surface area (TPSA) is 90.7 Å². The molecule has 1 atom stereocenters. The third-order valence-corrected chi connectivity index (χ3v) is 2.24. The molecule has 0 aromatic rings. The van der Waals surface area contributed by atoms with Crippen molar-refractivity contribution in [3.8, 4) is 0 Å². The summed E-state index contributed by atoms with van der Waals surface area (Å²) in [6, 6.07) is -0.421. The van der Waals surface area contributed by atoms with Crippen LogP contribution in [0.3, 0.4) is 0 Å². The van der Waals surface area contributed by atoms with Crippen LogP contribution in [-0.4, -0.2) is 37.6 Å². The number of nitrogens with two attached hydrogens (primary N) is 1. The standard InChI is InChI=1S/C11H22N2O4/c1-8(2)11(9(3)14)13-10(15)4-5-16-6-7-17-12/h8,11H,4-7,12H2,1-3H3,(H,13,15). The van der Waals surface area contributed by atoms with Crippen molar-refractivity contribution in [3.63, 3.8) is 0 Å². The first-order valence-corrected chi connectivity index (χ1v) is 5.68. The van der Waals surface area contributed by atoms with Crippen LogP contribution in [0.2, 0.25) is 0 Å². The summed E-state index contributed by atoms with van der Waals surface area (Å²) in [5, 5.41) is 2.68. The third-order valence-electron chi connectivity index (χ3n) is 2.24. The molecule has 0 aliphatic carbocycles. The molecule has 1 amide bonds. The number of ether oxygens (including phenoxy) is 1. The van der Waals surface area contributed by atoms with Crippen LogP contribution < -0.4 is 11.2 Å². The van der Waals surface area contributed by atoms with Crippen LogP contribution in [0, 0.1) is 5.92 Å². The summed E-state index contributed by atoms with van der Waals surface area (Å²) in [5.74, 6) is 4.67. The van der Waals surface area contributed by atoms with Gasteiger partial charge in [-0.2, -0.15) is 0 Å². The van der Waals surface area contributed by atoms with Crippen molar-refractivity contribution in [2.75, 3.05) is 19.8 Å². The Morgan fingerprint density at radius 2 is 1.88 bits per heavy atom. The Labute approximate surface area is 102 Å². The largest absolute Gasteiger partial charge is 0.378 e. The van der Waals surface area contributed by atoms with Crippen LogP contribution in [0.4, 0.5) is 0 Å². The average molecular weight is 246 g/mol. The summed E-state index contributed by atoms with van der Waals surface area (Å²) >= 11 is 0. The van der Waals surface area contributed by atoms with Crippen LogP contribution in [0.25, 0.3) is 0 Å². The molecule has 0 spiro atoms. The number of nitrogens with one attached hydrogen (secondary N) is 1. The SMILES string of the molecule is CC(=O)C(NC(=O)CCOCCON)C(C)C. The van der Waals surface area contributed by atoms with Crippen molar-refractivity contribution in [1.82, 2.24) is 5.32 Å². The van der Waals surface area contributed by atoms with E-state index in [2.05, 4.69) is 10.2 Å². The highest BCUT2D eigenvalue weighted by molar-refractivity contribution is 5.87. The Bertz CT molecular complexity index is 244. The molecule has 3 N–H and O–H groups in total. The number of carbonyl (C=O) groups is 2. The Morgan fingerprint density at radius 1 is 1.24 bits per heavy atom. The van der Waals surface area contributed by atoms with E-state index in [0.717, 1.165) is 0 Å². The van der Waals surface area contributed by atoms with Crippen molar-refractivity contribution in [3.05, 3.63) is 0 Å². The van der Waals surface area contributed by atoms with Gasteiger partial charge in [-0.05, 0) is 12.8 Å². The molecule has 100 valence electrons. The quantitative estimate of drug-likeness (QED) is 0.442. The minimum Gasteiger partial charge on any atom is -0.378 e. The zero-order valence-corrected chi connectivity index (χ0v) is 10.7. The van der Waals surface area contributed by atoms with Gasteiger partial charge in [-0.3, -0.25) is 9.59 Å². The highest BCUT2D eigenvalue weighted by atomic mass is 16.6. The van der Waals surface area contributed by atoms with Gasteiger partial charge in [-0.25, -0.2) is 5.90 Å². The van der Waals surface area contributed by atoms with E-state index in [1.54, 1.807) is 0 Å². The smallest absolute Gasteiger partial charge is 0.222 e. The highest BCUT2D eigenvalue weighted by Crippen LogP contribution is 2.03. The molecule has 0 aliphatic heterocycles. The Morgan fingerprint density at radius 3 is 2.35 bits per heavy atom. The van der Waals surface area contributed by atoms with E-state index in [9.17, 15) is 9.59 Å². The molecule has 0 radical (unpaired) electrons. The minimum absolute atomic E-state index is 0.0363. The van der Waals surface area contributed by atoms with E-state index in [-0.39, 0.29) is 30.6 Å². The van der Waals surface area contributed by atoms with Crippen LogP contribution in [0.5, 0.6) is 0 Å². The van der Waals surface area contributed by atoms with E-state index in [4.69, 9.17) is 10.6 Å². The zero-order valence-electron chi connectivity index (χ0n) is 10.7. The van der Waals surface area contributed by atoms with Crippen molar-refractivity contribution < 1.29 is 19.2 Å². The van der Waals surface area contributed by atoms with Gasteiger partial charge in [-0.1, -0.05) is 13.8 Å². The van der Waals surface area contributed by atoms with Gasteiger partial charge >= 0.3 is 0 Å². The molecule has 0 aliphatic rings.